The van der Waals surface area contributed by atoms with Crippen LogP contribution in [0.4, 0.5) is 0 Å². The van der Waals surface area contributed by atoms with E-state index in [9.17, 15) is 0 Å². The van der Waals surface area contributed by atoms with E-state index in [1.165, 1.54) is 11.5 Å². The van der Waals surface area contributed by atoms with E-state index >= 15 is 0 Å². The van der Waals surface area contributed by atoms with Gasteiger partial charge in [-0.25, -0.2) is 0 Å². The van der Waals surface area contributed by atoms with Crippen molar-refractivity contribution >= 4 is 11.5 Å². The molecule has 0 aliphatic carbocycles. The molecule has 0 saturated heterocycles. The Labute approximate surface area is 129 Å². The van der Waals surface area contributed by atoms with E-state index in [-0.39, 0.29) is 6.04 Å². The largest absolute Gasteiger partial charge is 0.271 e. The molecule has 0 saturated carbocycles. The average Bonchev–Trinajstić information content (AvgIpc) is 3.12. The first-order chi connectivity index (χ1) is 10.1. The summed E-state index contributed by atoms with van der Waals surface area (Å²) in [5.74, 6) is 6.08. The molecular weight excluding hydrogens is 284 g/mol. The zero-order chi connectivity index (χ0) is 15.4. The van der Waals surface area contributed by atoms with Crippen LogP contribution in [0.2, 0.25) is 0 Å². The zero-order valence-electron chi connectivity index (χ0n) is 13.1. The van der Waals surface area contributed by atoms with Crippen LogP contribution in [-0.2, 0) is 6.42 Å². The van der Waals surface area contributed by atoms with E-state index < -0.39 is 0 Å². The maximum absolute atomic E-state index is 5.74. The third-order valence-corrected chi connectivity index (χ3v) is 4.58. The smallest absolute Gasteiger partial charge is 0.0829 e. The highest BCUT2D eigenvalue weighted by Crippen LogP contribution is 2.28. The second-order valence-electron chi connectivity index (χ2n) is 5.64. The van der Waals surface area contributed by atoms with Crippen LogP contribution in [0.5, 0.6) is 0 Å². The molecule has 2 heterocycles. The van der Waals surface area contributed by atoms with E-state index in [1.807, 2.05) is 10.9 Å². The summed E-state index contributed by atoms with van der Waals surface area (Å²) in [7, 11) is 0. The van der Waals surface area contributed by atoms with Crippen molar-refractivity contribution in [3.05, 3.63) is 28.5 Å². The minimum absolute atomic E-state index is 0.00248. The Morgan fingerprint density at radius 1 is 1.38 bits per heavy atom. The minimum Gasteiger partial charge on any atom is -0.271 e. The quantitative estimate of drug-likeness (QED) is 0.607. The van der Waals surface area contributed by atoms with Crippen molar-refractivity contribution in [2.45, 2.75) is 58.5 Å². The van der Waals surface area contributed by atoms with Crippen LogP contribution in [0, 0.1) is 0 Å². The lowest BCUT2D eigenvalue weighted by Crippen LogP contribution is -2.30. The Morgan fingerprint density at radius 2 is 2.14 bits per heavy atom. The number of aromatic nitrogens is 4. The van der Waals surface area contributed by atoms with E-state index in [2.05, 4.69) is 53.9 Å². The van der Waals surface area contributed by atoms with Gasteiger partial charge in [0.25, 0.3) is 0 Å². The zero-order valence-corrected chi connectivity index (χ0v) is 13.9. The Hall–Kier alpha value is -1.31. The molecular formula is C14H24N6S. The highest BCUT2D eigenvalue weighted by atomic mass is 32.1. The monoisotopic (exact) mass is 308 g/mol. The van der Waals surface area contributed by atoms with Crippen molar-refractivity contribution in [3.63, 3.8) is 0 Å². The van der Waals surface area contributed by atoms with Gasteiger partial charge in [0.2, 0.25) is 0 Å². The second kappa shape index (κ2) is 7.11. The summed E-state index contributed by atoms with van der Waals surface area (Å²) in [6, 6.07) is 2.47. The third-order valence-electron chi connectivity index (χ3n) is 3.72. The van der Waals surface area contributed by atoms with Gasteiger partial charge in [0.1, 0.15) is 0 Å². The molecule has 2 aromatic heterocycles. The Morgan fingerprint density at radius 3 is 2.76 bits per heavy atom. The number of hydrazine groups is 1. The summed E-state index contributed by atoms with van der Waals surface area (Å²) in [6.45, 7) is 8.56. The number of nitrogens with zero attached hydrogens (tertiary/aromatic N) is 4. The SMILES string of the molecule is CCC(C)n1ccc(CC(NN)c2snnc2C(C)C)n1. The van der Waals surface area contributed by atoms with Crippen molar-refractivity contribution in [3.8, 4) is 0 Å². The summed E-state index contributed by atoms with van der Waals surface area (Å²) >= 11 is 1.41. The Kier molecular flexibility index (Phi) is 5.44. The number of nitrogens with one attached hydrogen (secondary N) is 1. The van der Waals surface area contributed by atoms with Gasteiger partial charge in [-0.05, 0) is 36.9 Å². The molecule has 0 fully saturated rings. The molecule has 0 aromatic carbocycles. The summed E-state index contributed by atoms with van der Waals surface area (Å²) in [5.41, 5.74) is 4.93. The molecule has 6 nitrogen and oxygen atoms in total. The van der Waals surface area contributed by atoms with Gasteiger partial charge in [0.05, 0.1) is 22.3 Å². The highest BCUT2D eigenvalue weighted by Gasteiger charge is 2.21. The number of nitrogens with two attached hydrogens (primary N) is 1. The summed E-state index contributed by atoms with van der Waals surface area (Å²) in [5, 5.41) is 8.86. The number of hydrogen-bond acceptors (Lipinski definition) is 6. The third kappa shape index (κ3) is 3.66. The van der Waals surface area contributed by atoms with Gasteiger partial charge in [0, 0.05) is 18.7 Å². The Balaban J connectivity index is 2.15. The summed E-state index contributed by atoms with van der Waals surface area (Å²) in [6.07, 6.45) is 3.84. The van der Waals surface area contributed by atoms with Crippen LogP contribution < -0.4 is 11.3 Å². The van der Waals surface area contributed by atoms with E-state index in [0.29, 0.717) is 12.0 Å². The molecule has 2 atom stereocenters. The maximum Gasteiger partial charge on any atom is 0.0829 e. The van der Waals surface area contributed by atoms with Gasteiger partial charge >= 0.3 is 0 Å². The molecule has 3 N–H and O–H groups in total. The fourth-order valence-corrected chi connectivity index (χ4v) is 3.07. The lowest BCUT2D eigenvalue weighted by atomic mass is 10.0. The molecule has 0 aliphatic heterocycles. The summed E-state index contributed by atoms with van der Waals surface area (Å²) < 4.78 is 6.08. The van der Waals surface area contributed by atoms with Crippen LogP contribution >= 0.6 is 11.5 Å². The normalized spacial score (nSPS) is 14.6. The average molecular weight is 308 g/mol. The van der Waals surface area contributed by atoms with Crippen molar-refractivity contribution in [2.75, 3.05) is 0 Å². The summed E-state index contributed by atoms with van der Waals surface area (Å²) in [4.78, 5) is 1.10. The molecule has 0 radical (unpaired) electrons. The molecule has 0 aliphatic rings. The molecule has 2 aromatic rings. The van der Waals surface area contributed by atoms with Crippen molar-refractivity contribution < 1.29 is 0 Å². The molecule has 0 amide bonds. The van der Waals surface area contributed by atoms with Gasteiger partial charge in [-0.2, -0.15) is 5.10 Å². The van der Waals surface area contributed by atoms with Crippen LogP contribution in [0.3, 0.4) is 0 Å². The minimum atomic E-state index is 0.00248. The second-order valence-corrected chi connectivity index (χ2v) is 6.43. The molecule has 7 heteroatoms. The standard InChI is InChI=1S/C14H24N6S/c1-5-10(4)20-7-6-11(18-20)8-12(16-15)14-13(9(2)3)17-19-21-14/h6-7,9-10,12,16H,5,8,15H2,1-4H3. The molecule has 21 heavy (non-hydrogen) atoms. The van der Waals surface area contributed by atoms with Crippen LogP contribution in [0.1, 0.15) is 68.4 Å². The Bertz CT molecular complexity index is 561. The van der Waals surface area contributed by atoms with E-state index in [1.54, 1.807) is 0 Å². The number of hydrogen-bond donors (Lipinski definition) is 2. The lowest BCUT2D eigenvalue weighted by Gasteiger charge is -2.15. The van der Waals surface area contributed by atoms with Gasteiger partial charge in [-0.15, -0.1) is 5.10 Å². The molecule has 0 spiro atoms. The molecule has 116 valence electrons. The first kappa shape index (κ1) is 16.1. The van der Waals surface area contributed by atoms with Crippen LogP contribution in [-0.4, -0.2) is 19.4 Å². The van der Waals surface area contributed by atoms with Gasteiger partial charge in [-0.3, -0.25) is 16.0 Å². The fraction of sp³-hybridized carbons (Fsp3) is 0.643. The van der Waals surface area contributed by atoms with Crippen LogP contribution in [0.25, 0.3) is 0 Å². The topological polar surface area (TPSA) is 81.7 Å². The van der Waals surface area contributed by atoms with Crippen LogP contribution in [0.15, 0.2) is 12.3 Å². The number of rotatable bonds is 7. The van der Waals surface area contributed by atoms with Crippen molar-refractivity contribution in [2.24, 2.45) is 5.84 Å². The lowest BCUT2D eigenvalue weighted by molar-refractivity contribution is 0.467. The fourth-order valence-electron chi connectivity index (χ4n) is 2.20. The predicted molar refractivity (Wildman–Crippen MR) is 85.0 cm³/mol. The van der Waals surface area contributed by atoms with E-state index in [4.69, 9.17) is 5.84 Å². The first-order valence-electron chi connectivity index (χ1n) is 7.39. The molecule has 2 unspecified atom stereocenters. The van der Waals surface area contributed by atoms with Crippen molar-refractivity contribution in [1.29, 1.82) is 0 Å². The van der Waals surface area contributed by atoms with Gasteiger partial charge in [-0.1, -0.05) is 25.3 Å². The van der Waals surface area contributed by atoms with Gasteiger partial charge in [0.15, 0.2) is 0 Å². The highest BCUT2D eigenvalue weighted by molar-refractivity contribution is 7.05. The maximum atomic E-state index is 5.74. The van der Waals surface area contributed by atoms with E-state index in [0.717, 1.165) is 29.1 Å². The molecule has 2 rings (SSSR count). The first-order valence-corrected chi connectivity index (χ1v) is 8.16. The van der Waals surface area contributed by atoms with Gasteiger partial charge < -0.3 is 0 Å². The van der Waals surface area contributed by atoms with Crippen molar-refractivity contribution in [1.82, 2.24) is 24.8 Å². The molecule has 0 bridgehead atoms. The predicted octanol–water partition coefficient (Wildman–Crippen LogP) is 2.58.